The summed E-state index contributed by atoms with van der Waals surface area (Å²) in [5, 5.41) is 24.6. The molecule has 6 N–H and O–H groups in total. The molecule has 1 saturated carbocycles. The van der Waals surface area contributed by atoms with E-state index in [0.717, 1.165) is 38.5 Å². The minimum absolute atomic E-state index is 0.141. The van der Waals surface area contributed by atoms with E-state index in [1.165, 1.54) is 17.3 Å². The molecule has 2 aliphatic rings. The fourth-order valence-electron chi connectivity index (χ4n) is 5.64. The molecule has 1 saturated heterocycles. The molecule has 3 unspecified atom stereocenters. The second kappa shape index (κ2) is 14.6. The highest BCUT2D eigenvalue weighted by molar-refractivity contribution is 5.98. The fourth-order valence-corrected chi connectivity index (χ4v) is 5.64. The molecular formula is C27H39N5O7. The van der Waals surface area contributed by atoms with E-state index in [0.29, 0.717) is 19.4 Å². The van der Waals surface area contributed by atoms with Crippen LogP contribution in [0.2, 0.25) is 0 Å². The highest BCUT2D eigenvalue weighted by Gasteiger charge is 2.47. The average Bonchev–Trinajstić information content (AvgIpc) is 3.33. The maximum Gasteiger partial charge on any atom is 0.326 e. The van der Waals surface area contributed by atoms with Crippen molar-refractivity contribution in [2.45, 2.75) is 94.8 Å². The van der Waals surface area contributed by atoms with Crippen LogP contribution in [-0.4, -0.2) is 80.5 Å². The van der Waals surface area contributed by atoms with E-state index in [2.05, 4.69) is 15.6 Å². The van der Waals surface area contributed by atoms with E-state index in [1.807, 2.05) is 0 Å². The van der Waals surface area contributed by atoms with Gasteiger partial charge in [0.1, 0.15) is 18.1 Å². The third-order valence-electron chi connectivity index (χ3n) is 7.67. The third-order valence-corrected chi connectivity index (χ3v) is 7.67. The van der Waals surface area contributed by atoms with Gasteiger partial charge in [0.2, 0.25) is 11.8 Å². The lowest BCUT2D eigenvalue weighted by atomic mass is 9.84. The summed E-state index contributed by atoms with van der Waals surface area (Å²) in [5.41, 5.74) is 5.80. The van der Waals surface area contributed by atoms with Crippen molar-refractivity contribution in [3.63, 3.8) is 0 Å². The number of carbonyl (C=O) groups excluding carboxylic acids is 3. The van der Waals surface area contributed by atoms with Crippen molar-refractivity contribution >= 4 is 29.7 Å². The van der Waals surface area contributed by atoms with Crippen LogP contribution in [0.4, 0.5) is 0 Å². The van der Waals surface area contributed by atoms with Crippen molar-refractivity contribution in [2.24, 2.45) is 11.7 Å². The topological polar surface area (TPSA) is 192 Å². The molecule has 2 heterocycles. The molecular weight excluding hydrogens is 506 g/mol. The molecule has 12 nitrogen and oxygen atoms in total. The number of carbonyl (C=O) groups is 5. The molecule has 3 rings (SSSR count). The predicted octanol–water partition coefficient (Wildman–Crippen LogP) is 1.29. The summed E-state index contributed by atoms with van der Waals surface area (Å²) in [7, 11) is 0. The van der Waals surface area contributed by atoms with Crippen molar-refractivity contribution < 1.29 is 34.2 Å². The second-order valence-corrected chi connectivity index (χ2v) is 10.3. The Balaban J connectivity index is 1.64. The van der Waals surface area contributed by atoms with Crippen LogP contribution in [0, 0.1) is 5.92 Å². The molecule has 0 radical (unpaired) electrons. The third kappa shape index (κ3) is 8.22. The smallest absolute Gasteiger partial charge is 0.326 e. The lowest BCUT2D eigenvalue weighted by molar-refractivity contribution is -0.150. The van der Waals surface area contributed by atoms with Gasteiger partial charge in [-0.1, -0.05) is 25.7 Å². The van der Waals surface area contributed by atoms with Crippen molar-refractivity contribution in [1.29, 1.82) is 0 Å². The van der Waals surface area contributed by atoms with Crippen LogP contribution in [0.5, 0.6) is 0 Å². The van der Waals surface area contributed by atoms with Gasteiger partial charge < -0.3 is 31.5 Å². The van der Waals surface area contributed by atoms with Gasteiger partial charge in [0.25, 0.3) is 5.91 Å². The van der Waals surface area contributed by atoms with E-state index in [4.69, 9.17) is 5.73 Å². The molecule has 12 heteroatoms. The van der Waals surface area contributed by atoms with Gasteiger partial charge >= 0.3 is 11.9 Å². The molecule has 2 fully saturated rings. The van der Waals surface area contributed by atoms with Gasteiger partial charge in [-0.05, 0) is 63.1 Å². The quantitative estimate of drug-likeness (QED) is 0.214. The summed E-state index contributed by atoms with van der Waals surface area (Å²) in [4.78, 5) is 68.1. The fraction of sp³-hybridized carbons (Fsp3) is 0.630. The van der Waals surface area contributed by atoms with E-state index < -0.39 is 47.8 Å². The number of likely N-dealkylation sites (tertiary alicyclic amines) is 1. The molecule has 39 heavy (non-hydrogen) atoms. The van der Waals surface area contributed by atoms with Crippen LogP contribution in [0.15, 0.2) is 24.5 Å². The molecule has 5 atom stereocenters. The van der Waals surface area contributed by atoms with Crippen LogP contribution in [0.3, 0.4) is 0 Å². The number of pyridine rings is 1. The summed E-state index contributed by atoms with van der Waals surface area (Å²) in [5.74, 6) is -3.83. The summed E-state index contributed by atoms with van der Waals surface area (Å²) in [6, 6.07) is -0.290. The molecule has 0 aromatic carbocycles. The first kappa shape index (κ1) is 30.0. The maximum atomic E-state index is 13.2. The van der Waals surface area contributed by atoms with Gasteiger partial charge in [-0.15, -0.1) is 0 Å². The summed E-state index contributed by atoms with van der Waals surface area (Å²) < 4.78 is 0. The maximum absolute atomic E-state index is 13.2. The number of aliphatic carboxylic acids is 2. The van der Waals surface area contributed by atoms with Crippen molar-refractivity contribution in [3.05, 3.63) is 30.1 Å². The lowest BCUT2D eigenvalue weighted by Gasteiger charge is -2.33. The molecule has 1 aliphatic carbocycles. The lowest BCUT2D eigenvalue weighted by Crippen LogP contribution is -2.52. The van der Waals surface area contributed by atoms with Gasteiger partial charge in [0, 0.05) is 24.9 Å². The zero-order valence-electron chi connectivity index (χ0n) is 22.1. The van der Waals surface area contributed by atoms with E-state index >= 15 is 0 Å². The van der Waals surface area contributed by atoms with Gasteiger partial charge in [0.05, 0.1) is 5.56 Å². The Kier molecular flexibility index (Phi) is 11.2. The zero-order valence-corrected chi connectivity index (χ0v) is 22.1. The number of nitrogens with two attached hydrogens (primary N) is 1. The summed E-state index contributed by atoms with van der Waals surface area (Å²) in [6.45, 7) is 0.495. The first-order valence-corrected chi connectivity index (χ1v) is 13.7. The van der Waals surface area contributed by atoms with Gasteiger partial charge in [-0.25, -0.2) is 9.59 Å². The Morgan fingerprint density at radius 3 is 2.46 bits per heavy atom. The number of carboxylic acid groups (broad SMARTS) is 2. The molecule has 214 valence electrons. The average molecular weight is 546 g/mol. The minimum atomic E-state index is -1.38. The van der Waals surface area contributed by atoms with E-state index in [-0.39, 0.29) is 36.8 Å². The van der Waals surface area contributed by atoms with Gasteiger partial charge in [-0.3, -0.25) is 19.4 Å². The second-order valence-electron chi connectivity index (χ2n) is 10.3. The number of fused-ring (bicyclic) bond motifs is 1. The van der Waals surface area contributed by atoms with Crippen molar-refractivity contribution in [2.75, 3.05) is 6.54 Å². The highest BCUT2D eigenvalue weighted by atomic mass is 16.4. The summed E-state index contributed by atoms with van der Waals surface area (Å²) >= 11 is 0. The van der Waals surface area contributed by atoms with E-state index in [9.17, 15) is 34.2 Å². The van der Waals surface area contributed by atoms with Crippen molar-refractivity contribution in [3.8, 4) is 0 Å². The minimum Gasteiger partial charge on any atom is -0.480 e. The van der Waals surface area contributed by atoms with Gasteiger partial charge in [-0.2, -0.15) is 0 Å². The first-order chi connectivity index (χ1) is 18.7. The highest BCUT2D eigenvalue weighted by Crippen LogP contribution is 2.40. The zero-order chi connectivity index (χ0) is 28.4. The molecule has 1 aliphatic heterocycles. The Morgan fingerprint density at radius 2 is 1.79 bits per heavy atom. The Labute approximate surface area is 227 Å². The number of nitrogens with one attached hydrogen (secondary N) is 2. The Morgan fingerprint density at radius 1 is 1.03 bits per heavy atom. The molecule has 1 aromatic heterocycles. The van der Waals surface area contributed by atoms with Gasteiger partial charge in [0.15, 0.2) is 0 Å². The number of nitrogens with zero attached hydrogens (tertiary/aromatic N) is 2. The van der Waals surface area contributed by atoms with Crippen LogP contribution in [0.25, 0.3) is 0 Å². The predicted molar refractivity (Wildman–Crippen MR) is 140 cm³/mol. The summed E-state index contributed by atoms with van der Waals surface area (Å²) in [6.07, 6.45) is 8.78. The van der Waals surface area contributed by atoms with Crippen LogP contribution in [0.1, 0.15) is 81.0 Å². The van der Waals surface area contributed by atoms with Crippen LogP contribution >= 0.6 is 0 Å². The molecule has 1 aromatic rings. The number of carboxylic acids is 2. The van der Waals surface area contributed by atoms with Crippen molar-refractivity contribution in [1.82, 2.24) is 20.5 Å². The standard InChI is InChI=1S/C27H39N5O7/c28-13-5-1-2-9-19(30-24(34)18-8-6-14-29-16-18)25(35)31-20(26(36)37)11-12-23(33)32-21-10-4-3-7-17(21)15-22(32)27(38)39/h6,8,14,16-17,19-22H,1-5,7,9-13,15,28H2,(H,30,34)(H,31,35)(H,36,37)(H,38,39)/t17-,19?,20?,21-,22?/m1/s1. The SMILES string of the molecule is NCCCCCC(NC(=O)c1cccnc1)C(=O)NC(CCC(=O)N1C(C(=O)O)C[C@H]2CCCC[C@H]21)C(=O)O. The number of hydrogen-bond acceptors (Lipinski definition) is 7. The number of aromatic nitrogens is 1. The van der Waals surface area contributed by atoms with Crippen LogP contribution in [-0.2, 0) is 19.2 Å². The Bertz CT molecular complexity index is 1020. The normalized spacial score (nSPS) is 21.9. The monoisotopic (exact) mass is 545 g/mol. The first-order valence-electron chi connectivity index (χ1n) is 13.7. The molecule has 3 amide bonds. The number of rotatable bonds is 14. The molecule has 0 bridgehead atoms. The number of unbranched alkanes of at least 4 members (excludes halogenated alkanes) is 2. The Hall–Kier alpha value is -3.54. The largest absolute Gasteiger partial charge is 0.480 e. The van der Waals surface area contributed by atoms with E-state index in [1.54, 1.807) is 12.1 Å². The molecule has 0 spiro atoms. The van der Waals surface area contributed by atoms with Crippen LogP contribution < -0.4 is 16.4 Å². The number of hydrogen-bond donors (Lipinski definition) is 5. The number of amides is 3.